The predicted octanol–water partition coefficient (Wildman–Crippen LogP) is 3.34. The van der Waals surface area contributed by atoms with Crippen LogP contribution in [0.15, 0.2) is 42.5 Å². The van der Waals surface area contributed by atoms with E-state index >= 15 is 0 Å². The van der Waals surface area contributed by atoms with Crippen molar-refractivity contribution in [2.45, 2.75) is 38.8 Å². The molecular weight excluding hydrogens is 352 g/mol. The minimum Gasteiger partial charge on any atom is -0.493 e. The first-order valence-electron chi connectivity index (χ1n) is 9.89. The highest BCUT2D eigenvalue weighted by molar-refractivity contribution is 5.82. The van der Waals surface area contributed by atoms with Crippen LogP contribution >= 0.6 is 0 Å². The average molecular weight is 383 g/mol. The van der Waals surface area contributed by atoms with Crippen LogP contribution in [0.1, 0.15) is 29.5 Å². The van der Waals surface area contributed by atoms with E-state index in [1.54, 1.807) is 14.2 Å². The molecule has 5 nitrogen and oxygen atoms in total. The fourth-order valence-corrected chi connectivity index (χ4v) is 3.84. The molecule has 1 aliphatic rings. The summed E-state index contributed by atoms with van der Waals surface area (Å²) in [7, 11) is 3.26. The van der Waals surface area contributed by atoms with E-state index in [4.69, 9.17) is 9.47 Å². The van der Waals surface area contributed by atoms with Crippen molar-refractivity contribution in [2.24, 2.45) is 0 Å². The fraction of sp³-hybridized carbons (Fsp3) is 0.435. The topological polar surface area (TPSA) is 50.8 Å². The Bertz CT molecular complexity index is 806. The Hall–Kier alpha value is -2.53. The van der Waals surface area contributed by atoms with Gasteiger partial charge < -0.3 is 14.8 Å². The summed E-state index contributed by atoms with van der Waals surface area (Å²) in [4.78, 5) is 15.0. The predicted molar refractivity (Wildman–Crippen MR) is 111 cm³/mol. The number of carbonyl (C=O) groups is 1. The molecule has 1 atom stereocenters. The Kier molecular flexibility index (Phi) is 6.93. The van der Waals surface area contributed by atoms with Crippen molar-refractivity contribution in [1.82, 2.24) is 10.2 Å². The Morgan fingerprint density at radius 3 is 2.68 bits per heavy atom. The number of hydrogen-bond donors (Lipinski definition) is 1. The molecule has 1 aliphatic heterocycles. The van der Waals surface area contributed by atoms with Gasteiger partial charge >= 0.3 is 0 Å². The first kappa shape index (κ1) is 20.2. The molecule has 0 radical (unpaired) electrons. The molecule has 2 aromatic carbocycles. The lowest BCUT2D eigenvalue weighted by Crippen LogP contribution is -2.43. The lowest BCUT2D eigenvalue weighted by atomic mass is 10.1. The van der Waals surface area contributed by atoms with Crippen LogP contribution < -0.4 is 14.8 Å². The van der Waals surface area contributed by atoms with Gasteiger partial charge in [0, 0.05) is 13.1 Å². The molecule has 1 amide bonds. The Balaban J connectivity index is 1.52. The summed E-state index contributed by atoms with van der Waals surface area (Å²) in [5, 5.41) is 3.11. The van der Waals surface area contributed by atoms with E-state index in [1.165, 1.54) is 11.1 Å². The van der Waals surface area contributed by atoms with E-state index < -0.39 is 0 Å². The number of rotatable bonds is 8. The smallest absolute Gasteiger partial charge is 0.237 e. The number of nitrogens with one attached hydrogen (secondary N) is 1. The Morgan fingerprint density at radius 2 is 1.93 bits per heavy atom. The SMILES string of the molecule is COc1ccc(CCNC(=O)C2CCCN2Cc2cccc(C)c2)cc1OC. The summed E-state index contributed by atoms with van der Waals surface area (Å²) < 4.78 is 10.6. The number of aryl methyl sites for hydroxylation is 1. The zero-order valence-electron chi connectivity index (χ0n) is 17.0. The van der Waals surface area contributed by atoms with Crippen LogP contribution in [0.25, 0.3) is 0 Å². The van der Waals surface area contributed by atoms with Crippen molar-refractivity contribution < 1.29 is 14.3 Å². The molecule has 0 bridgehead atoms. The van der Waals surface area contributed by atoms with Crippen molar-refractivity contribution in [3.8, 4) is 11.5 Å². The third-order valence-electron chi connectivity index (χ3n) is 5.30. The summed E-state index contributed by atoms with van der Waals surface area (Å²) in [6.45, 7) is 4.52. The van der Waals surface area contributed by atoms with Crippen LogP contribution in [-0.4, -0.2) is 44.2 Å². The number of amides is 1. The summed E-state index contributed by atoms with van der Waals surface area (Å²) in [6, 6.07) is 14.4. The zero-order valence-corrected chi connectivity index (χ0v) is 17.0. The number of likely N-dealkylation sites (tertiary alicyclic amines) is 1. The second kappa shape index (κ2) is 9.60. The molecule has 0 saturated carbocycles. The van der Waals surface area contributed by atoms with Crippen LogP contribution in [0.4, 0.5) is 0 Å². The number of nitrogens with zero attached hydrogens (tertiary/aromatic N) is 1. The molecule has 1 N–H and O–H groups in total. The van der Waals surface area contributed by atoms with Gasteiger partial charge in [0.2, 0.25) is 5.91 Å². The van der Waals surface area contributed by atoms with Crippen LogP contribution in [0.3, 0.4) is 0 Å². The molecule has 3 rings (SSSR count). The van der Waals surface area contributed by atoms with Crippen LogP contribution in [0.2, 0.25) is 0 Å². The molecule has 0 spiro atoms. The van der Waals surface area contributed by atoms with Gasteiger partial charge in [-0.05, 0) is 56.0 Å². The number of benzene rings is 2. The molecular formula is C23H30N2O3. The van der Waals surface area contributed by atoms with E-state index in [1.807, 2.05) is 18.2 Å². The van der Waals surface area contributed by atoms with E-state index in [-0.39, 0.29) is 11.9 Å². The van der Waals surface area contributed by atoms with Gasteiger partial charge in [-0.2, -0.15) is 0 Å². The van der Waals surface area contributed by atoms with Crippen LogP contribution in [0.5, 0.6) is 11.5 Å². The van der Waals surface area contributed by atoms with Gasteiger partial charge in [-0.1, -0.05) is 35.9 Å². The molecule has 2 aromatic rings. The largest absolute Gasteiger partial charge is 0.493 e. The third-order valence-corrected chi connectivity index (χ3v) is 5.30. The monoisotopic (exact) mass is 382 g/mol. The molecule has 0 aromatic heterocycles. The van der Waals surface area contributed by atoms with Gasteiger partial charge in [-0.3, -0.25) is 9.69 Å². The molecule has 1 saturated heterocycles. The minimum absolute atomic E-state index is 0.0362. The number of methoxy groups -OCH3 is 2. The average Bonchev–Trinajstić information content (AvgIpc) is 3.16. The summed E-state index contributed by atoms with van der Waals surface area (Å²) >= 11 is 0. The Morgan fingerprint density at radius 1 is 1.11 bits per heavy atom. The highest BCUT2D eigenvalue weighted by atomic mass is 16.5. The van der Waals surface area contributed by atoms with Crippen LogP contribution in [0, 0.1) is 6.92 Å². The van der Waals surface area contributed by atoms with Crippen molar-refractivity contribution in [2.75, 3.05) is 27.3 Å². The highest BCUT2D eigenvalue weighted by Crippen LogP contribution is 2.27. The van der Waals surface area contributed by atoms with E-state index in [2.05, 4.69) is 41.4 Å². The maximum Gasteiger partial charge on any atom is 0.237 e. The lowest BCUT2D eigenvalue weighted by molar-refractivity contribution is -0.125. The highest BCUT2D eigenvalue weighted by Gasteiger charge is 2.30. The standard InChI is InChI=1S/C23H30N2O3/c1-17-6-4-7-19(14-17)16-25-13-5-8-20(25)23(26)24-12-11-18-9-10-21(27-2)22(15-18)28-3/h4,6-7,9-10,14-15,20H,5,8,11-13,16H2,1-3H3,(H,24,26). The molecule has 150 valence electrons. The zero-order chi connectivity index (χ0) is 19.9. The van der Waals surface area contributed by atoms with Crippen molar-refractivity contribution in [1.29, 1.82) is 0 Å². The molecule has 0 aliphatic carbocycles. The van der Waals surface area contributed by atoms with Gasteiger partial charge in [0.15, 0.2) is 11.5 Å². The molecule has 1 heterocycles. The molecule has 5 heteroatoms. The van der Waals surface area contributed by atoms with Gasteiger partial charge in [0.1, 0.15) is 0 Å². The molecule has 1 fully saturated rings. The summed E-state index contributed by atoms with van der Waals surface area (Å²) in [6.07, 6.45) is 2.75. The molecule has 1 unspecified atom stereocenters. The van der Waals surface area contributed by atoms with Gasteiger partial charge in [-0.15, -0.1) is 0 Å². The number of carbonyl (C=O) groups excluding carboxylic acids is 1. The first-order valence-corrected chi connectivity index (χ1v) is 9.89. The maximum atomic E-state index is 12.7. The summed E-state index contributed by atoms with van der Waals surface area (Å²) in [5.41, 5.74) is 3.64. The Labute approximate surface area is 167 Å². The van der Waals surface area contributed by atoms with E-state index in [9.17, 15) is 4.79 Å². The van der Waals surface area contributed by atoms with E-state index in [0.717, 1.165) is 37.9 Å². The van der Waals surface area contributed by atoms with Gasteiger partial charge in [0.25, 0.3) is 0 Å². The van der Waals surface area contributed by atoms with Gasteiger partial charge in [-0.25, -0.2) is 0 Å². The maximum absolute atomic E-state index is 12.7. The first-order chi connectivity index (χ1) is 13.6. The van der Waals surface area contributed by atoms with Crippen molar-refractivity contribution in [3.63, 3.8) is 0 Å². The van der Waals surface area contributed by atoms with Gasteiger partial charge in [0.05, 0.1) is 20.3 Å². The van der Waals surface area contributed by atoms with Crippen LogP contribution in [-0.2, 0) is 17.8 Å². The minimum atomic E-state index is -0.0362. The second-order valence-corrected chi connectivity index (χ2v) is 7.35. The number of hydrogen-bond acceptors (Lipinski definition) is 4. The van der Waals surface area contributed by atoms with Crippen molar-refractivity contribution >= 4 is 5.91 Å². The quantitative estimate of drug-likeness (QED) is 0.761. The van der Waals surface area contributed by atoms with Crippen molar-refractivity contribution in [3.05, 3.63) is 59.2 Å². The summed E-state index contributed by atoms with van der Waals surface area (Å²) in [5.74, 6) is 1.56. The van der Waals surface area contributed by atoms with E-state index in [0.29, 0.717) is 18.0 Å². The lowest BCUT2D eigenvalue weighted by Gasteiger charge is -2.24. The second-order valence-electron chi connectivity index (χ2n) is 7.35. The third kappa shape index (κ3) is 5.04. The number of ether oxygens (including phenoxy) is 2. The molecule has 28 heavy (non-hydrogen) atoms. The fourth-order valence-electron chi connectivity index (χ4n) is 3.84. The normalized spacial score (nSPS) is 16.8.